The van der Waals surface area contributed by atoms with Crippen molar-refractivity contribution in [3.63, 3.8) is 0 Å². The molecule has 0 aliphatic rings. The smallest absolute Gasteiger partial charge is 0.412 e. The van der Waals surface area contributed by atoms with Crippen LogP contribution in [0.1, 0.15) is 31.7 Å². The number of hydrogen-bond donors (Lipinski definition) is 1. The Kier molecular flexibility index (Phi) is 4.55. The standard InChI is InChI=1S/C13H13F4NO2S/c1-3-7(2)8-6-18-9-4-5-10(19-17)12(11(8)9)20-21-13(14,15)16/h4-7,18H,3H2,1-2H3. The second kappa shape index (κ2) is 6.05. The molecule has 0 aliphatic heterocycles. The lowest BCUT2D eigenvalue weighted by Crippen LogP contribution is -2.03. The molecule has 1 aromatic heterocycles. The monoisotopic (exact) mass is 323 g/mol. The highest BCUT2D eigenvalue weighted by molar-refractivity contribution is 7.95. The Labute approximate surface area is 122 Å². The fourth-order valence-electron chi connectivity index (χ4n) is 2.04. The van der Waals surface area contributed by atoms with Crippen molar-refractivity contribution in [2.24, 2.45) is 0 Å². The minimum absolute atomic E-state index is 0.0758. The van der Waals surface area contributed by atoms with Crippen LogP contribution in [0, 0.1) is 0 Å². The third kappa shape index (κ3) is 3.37. The van der Waals surface area contributed by atoms with Crippen LogP contribution < -0.4 is 9.12 Å². The highest BCUT2D eigenvalue weighted by Crippen LogP contribution is 2.44. The Bertz CT molecular complexity index is 626. The fourth-order valence-corrected chi connectivity index (χ4v) is 2.38. The van der Waals surface area contributed by atoms with Gasteiger partial charge >= 0.3 is 5.51 Å². The molecule has 2 rings (SSSR count). The molecule has 0 fully saturated rings. The van der Waals surface area contributed by atoms with E-state index in [-0.39, 0.29) is 17.4 Å². The molecule has 1 heterocycles. The van der Waals surface area contributed by atoms with Crippen molar-refractivity contribution in [3.05, 3.63) is 23.9 Å². The summed E-state index contributed by atoms with van der Waals surface area (Å²) in [6, 6.07) is 2.74. The van der Waals surface area contributed by atoms with Gasteiger partial charge in [-0.05, 0) is 30.0 Å². The second-order valence-corrected chi connectivity index (χ2v) is 5.35. The minimum Gasteiger partial charge on any atom is -0.412 e. The maximum Gasteiger partial charge on any atom is 0.479 e. The Morgan fingerprint density at radius 3 is 2.62 bits per heavy atom. The molecule has 0 amide bonds. The Hall–Kier alpha value is -1.57. The Morgan fingerprint density at radius 2 is 2.05 bits per heavy atom. The molecule has 0 aliphatic carbocycles. The van der Waals surface area contributed by atoms with E-state index in [1.807, 2.05) is 13.8 Å². The van der Waals surface area contributed by atoms with Gasteiger partial charge in [0.25, 0.3) is 0 Å². The molecule has 1 aromatic carbocycles. The average molecular weight is 323 g/mol. The summed E-state index contributed by atoms with van der Waals surface area (Å²) < 4.78 is 54.3. The summed E-state index contributed by atoms with van der Waals surface area (Å²) in [6.45, 7) is 3.87. The van der Waals surface area contributed by atoms with E-state index < -0.39 is 17.6 Å². The predicted octanol–water partition coefficient (Wildman–Crippen LogP) is 5.49. The van der Waals surface area contributed by atoms with Crippen molar-refractivity contribution in [3.8, 4) is 11.5 Å². The zero-order valence-corrected chi connectivity index (χ0v) is 12.1. The molecule has 1 atom stereocenters. The summed E-state index contributed by atoms with van der Waals surface area (Å²) in [5.74, 6) is -0.580. The molecule has 3 nitrogen and oxygen atoms in total. The van der Waals surface area contributed by atoms with Gasteiger partial charge in [0, 0.05) is 16.2 Å². The Morgan fingerprint density at radius 1 is 1.33 bits per heavy atom. The van der Waals surface area contributed by atoms with E-state index in [0.29, 0.717) is 10.9 Å². The average Bonchev–Trinajstić information content (AvgIpc) is 2.86. The van der Waals surface area contributed by atoms with Crippen LogP contribution in [0.2, 0.25) is 0 Å². The minimum atomic E-state index is -4.59. The van der Waals surface area contributed by atoms with Crippen molar-refractivity contribution in [2.75, 3.05) is 0 Å². The molecule has 0 spiro atoms. The van der Waals surface area contributed by atoms with Crippen LogP contribution in [0.15, 0.2) is 18.3 Å². The fraction of sp³-hybridized carbons (Fsp3) is 0.385. The zero-order valence-electron chi connectivity index (χ0n) is 11.3. The van der Waals surface area contributed by atoms with E-state index in [2.05, 4.69) is 9.93 Å². The molecule has 0 saturated carbocycles. The van der Waals surface area contributed by atoms with Gasteiger partial charge in [0.05, 0.1) is 5.39 Å². The number of benzene rings is 1. The lowest BCUT2D eigenvalue weighted by atomic mass is 9.97. The molecule has 21 heavy (non-hydrogen) atoms. The van der Waals surface area contributed by atoms with Crippen molar-refractivity contribution >= 4 is 22.9 Å². The lowest BCUT2D eigenvalue weighted by molar-refractivity contribution is -0.0374. The van der Waals surface area contributed by atoms with E-state index in [1.165, 1.54) is 12.1 Å². The predicted molar refractivity (Wildman–Crippen MR) is 73.0 cm³/mol. The number of hydrogen-bond acceptors (Lipinski definition) is 3. The van der Waals surface area contributed by atoms with Crippen LogP contribution in [0.3, 0.4) is 0 Å². The zero-order chi connectivity index (χ0) is 15.6. The van der Waals surface area contributed by atoms with Gasteiger partial charge in [-0.15, -0.1) is 0 Å². The van der Waals surface area contributed by atoms with E-state index in [4.69, 9.17) is 4.18 Å². The van der Waals surface area contributed by atoms with E-state index in [0.717, 1.165) is 12.0 Å². The highest BCUT2D eigenvalue weighted by Gasteiger charge is 2.33. The van der Waals surface area contributed by atoms with Crippen LogP contribution >= 0.6 is 12.0 Å². The molecular weight excluding hydrogens is 310 g/mol. The van der Waals surface area contributed by atoms with Gasteiger partial charge in [0.1, 0.15) is 0 Å². The summed E-state index contributed by atoms with van der Waals surface area (Å²) in [4.78, 5) is 6.58. The van der Waals surface area contributed by atoms with Gasteiger partial charge in [0.15, 0.2) is 17.8 Å². The first-order chi connectivity index (χ1) is 9.87. The van der Waals surface area contributed by atoms with Crippen molar-refractivity contribution in [1.82, 2.24) is 4.98 Å². The first-order valence-electron chi connectivity index (χ1n) is 6.22. The summed E-state index contributed by atoms with van der Waals surface area (Å²) in [5, 5.41) is 0.399. The molecule has 1 N–H and O–H groups in total. The van der Waals surface area contributed by atoms with Crippen molar-refractivity contribution < 1.29 is 26.8 Å². The normalized spacial score (nSPS) is 13.4. The first kappa shape index (κ1) is 15.8. The largest absolute Gasteiger partial charge is 0.479 e. The third-order valence-corrected chi connectivity index (χ3v) is 3.68. The molecule has 2 aromatic rings. The number of aromatic nitrogens is 1. The van der Waals surface area contributed by atoms with Crippen molar-refractivity contribution in [2.45, 2.75) is 31.7 Å². The maximum atomic E-state index is 12.6. The molecular formula is C13H13F4NO2S. The van der Waals surface area contributed by atoms with Crippen LogP contribution in [-0.4, -0.2) is 10.5 Å². The lowest BCUT2D eigenvalue weighted by Gasteiger charge is -2.13. The number of rotatable bonds is 5. The molecule has 0 radical (unpaired) electrons. The SMILES string of the molecule is CCC(C)c1c[nH]c2ccc(OF)c(OSC(F)(F)F)c12. The molecule has 0 saturated heterocycles. The molecule has 1 unspecified atom stereocenters. The quantitative estimate of drug-likeness (QED) is 0.583. The van der Waals surface area contributed by atoms with Crippen molar-refractivity contribution in [1.29, 1.82) is 0 Å². The van der Waals surface area contributed by atoms with Gasteiger partial charge in [-0.25, -0.2) is 0 Å². The number of halogens is 4. The maximum absolute atomic E-state index is 12.6. The van der Waals surface area contributed by atoms with Crippen LogP contribution in [0.4, 0.5) is 17.7 Å². The first-order valence-corrected chi connectivity index (χ1v) is 6.96. The number of nitrogens with one attached hydrogen (secondary N) is 1. The van der Waals surface area contributed by atoms with Gasteiger partial charge in [-0.1, -0.05) is 13.8 Å². The number of alkyl halides is 3. The number of fused-ring (bicyclic) bond motifs is 1. The van der Waals surface area contributed by atoms with Crippen LogP contribution in [0.25, 0.3) is 10.9 Å². The summed E-state index contributed by atoms with van der Waals surface area (Å²) in [6.07, 6.45) is 2.46. The Balaban J connectivity index is 2.54. The molecule has 8 heteroatoms. The topological polar surface area (TPSA) is 34.2 Å². The summed E-state index contributed by atoms with van der Waals surface area (Å²) in [7, 11) is 0. The highest BCUT2D eigenvalue weighted by atomic mass is 32.2. The molecule has 116 valence electrons. The van der Waals surface area contributed by atoms with Gasteiger partial charge in [0.2, 0.25) is 5.75 Å². The second-order valence-electron chi connectivity index (χ2n) is 4.56. The summed E-state index contributed by atoms with van der Waals surface area (Å²) in [5.41, 5.74) is -3.28. The van der Waals surface area contributed by atoms with E-state index in [9.17, 15) is 17.7 Å². The van der Waals surface area contributed by atoms with Crippen LogP contribution in [0.5, 0.6) is 11.5 Å². The van der Waals surface area contributed by atoms with Crippen LogP contribution in [-0.2, 0) is 0 Å². The number of aromatic amines is 1. The molecule has 0 bridgehead atoms. The number of H-pyrrole nitrogens is 1. The van der Waals surface area contributed by atoms with E-state index >= 15 is 0 Å². The van der Waals surface area contributed by atoms with E-state index in [1.54, 1.807) is 6.20 Å². The van der Waals surface area contributed by atoms with Gasteiger partial charge in [-0.2, -0.15) is 13.2 Å². The summed E-state index contributed by atoms with van der Waals surface area (Å²) >= 11 is -0.698. The van der Waals surface area contributed by atoms with Gasteiger partial charge in [-0.3, -0.25) is 4.94 Å². The third-order valence-electron chi connectivity index (χ3n) is 3.24. The van der Waals surface area contributed by atoms with Gasteiger partial charge < -0.3 is 9.17 Å².